The summed E-state index contributed by atoms with van der Waals surface area (Å²) < 4.78 is 13.8. The van der Waals surface area contributed by atoms with Crippen LogP contribution in [-0.4, -0.2) is 90.6 Å². The molecule has 4 N–H and O–H groups in total. The number of hydrogen-bond donors (Lipinski definition) is 4. The number of thioether (sulfide) groups is 2. The van der Waals surface area contributed by atoms with Crippen LogP contribution in [0.3, 0.4) is 0 Å². The summed E-state index contributed by atoms with van der Waals surface area (Å²) in [6, 6.07) is 0. The number of aromatic hydroxyl groups is 1. The number of β-lactam (4-membered cyclic amide) rings is 1. The predicted molar refractivity (Wildman–Crippen MR) is 114 cm³/mol. The van der Waals surface area contributed by atoms with Crippen LogP contribution in [0.15, 0.2) is 15.5 Å². The van der Waals surface area contributed by atoms with Crippen LogP contribution in [0.2, 0.25) is 0 Å². The fourth-order valence-electron chi connectivity index (χ4n) is 3.11. The lowest BCUT2D eigenvalue weighted by molar-refractivity contribution is -0.162. The maximum absolute atomic E-state index is 12.5. The third kappa shape index (κ3) is 4.92. The van der Waals surface area contributed by atoms with Gasteiger partial charge in [-0.05, 0) is 11.5 Å². The van der Waals surface area contributed by atoms with Crippen LogP contribution in [0.5, 0.6) is 5.88 Å². The molecule has 2 aliphatic heterocycles. The van der Waals surface area contributed by atoms with E-state index in [0.29, 0.717) is 11.5 Å². The van der Waals surface area contributed by atoms with Gasteiger partial charge in [0, 0.05) is 25.4 Å². The van der Waals surface area contributed by atoms with Crippen molar-refractivity contribution in [3.8, 4) is 5.88 Å². The Morgan fingerprint density at radius 2 is 2.00 bits per heavy atom. The topological polar surface area (TPSA) is 193 Å². The van der Waals surface area contributed by atoms with Crippen molar-refractivity contribution in [2.75, 3.05) is 18.6 Å². The van der Waals surface area contributed by atoms with Crippen LogP contribution >= 0.6 is 35.1 Å². The number of aromatic nitrogens is 1. The zero-order valence-electron chi connectivity index (χ0n) is 17.0. The van der Waals surface area contributed by atoms with E-state index in [0.717, 1.165) is 23.6 Å². The summed E-state index contributed by atoms with van der Waals surface area (Å²) in [5.41, 5.74) is -0.845. The van der Waals surface area contributed by atoms with E-state index in [-0.39, 0.29) is 21.3 Å². The zero-order valence-corrected chi connectivity index (χ0v) is 19.4. The lowest BCUT2D eigenvalue weighted by Crippen LogP contribution is -2.66. The molecule has 178 valence electrons. The fourth-order valence-corrected chi connectivity index (χ4v) is 6.21. The van der Waals surface area contributed by atoms with E-state index >= 15 is 0 Å². The Morgan fingerprint density at radius 3 is 2.58 bits per heavy atom. The molecule has 0 spiro atoms. The molecule has 3 atom stereocenters. The first-order chi connectivity index (χ1) is 15.6. The molecule has 2 aliphatic rings. The second kappa shape index (κ2) is 9.98. The molecule has 33 heavy (non-hydrogen) atoms. The van der Waals surface area contributed by atoms with Crippen molar-refractivity contribution in [2.24, 2.45) is 0 Å². The summed E-state index contributed by atoms with van der Waals surface area (Å²) >= 11 is 2.66. The maximum Gasteiger partial charge on any atom is 0.352 e. The standard InChI is InChI=1S/C17H17N3O10S3/c1-5(21)30-12(18-7(22)4-32-17-8(15(25)26)11(23)19-33-17)6-3-31-14-10(29-2)13(24)20(14)9(6)16(27)28/h10,12,14H,3-4H2,1-2H3,(H,18,22)(H,19,23)(H,25,26)(H,27,28)/t10-,12?,14-/m1/s1. The van der Waals surface area contributed by atoms with Gasteiger partial charge in [-0.15, -0.1) is 23.5 Å². The van der Waals surface area contributed by atoms with Gasteiger partial charge in [0.25, 0.3) is 5.91 Å². The number of carbonyl (C=O) groups is 5. The minimum Gasteiger partial charge on any atom is -0.492 e. The molecule has 16 heteroatoms. The highest BCUT2D eigenvalue weighted by Crippen LogP contribution is 2.42. The molecule has 1 aromatic rings. The minimum atomic E-state index is -1.47. The van der Waals surface area contributed by atoms with Gasteiger partial charge < -0.3 is 30.1 Å². The minimum absolute atomic E-state index is 0.00172. The Hall–Kier alpha value is -2.82. The Bertz CT molecular complexity index is 1060. The third-order valence-electron chi connectivity index (χ3n) is 4.49. The smallest absolute Gasteiger partial charge is 0.352 e. The lowest BCUT2D eigenvalue weighted by atomic mass is 10.0. The lowest BCUT2D eigenvalue weighted by Gasteiger charge is -2.49. The molecule has 0 aromatic carbocycles. The van der Waals surface area contributed by atoms with E-state index in [1.165, 1.54) is 18.9 Å². The van der Waals surface area contributed by atoms with Gasteiger partial charge in [0.05, 0.1) is 9.96 Å². The molecule has 1 aromatic heterocycles. The highest BCUT2D eigenvalue weighted by atomic mass is 32.2. The van der Waals surface area contributed by atoms with Gasteiger partial charge in [0.1, 0.15) is 16.6 Å². The second-order valence-corrected chi connectivity index (χ2v) is 9.69. The number of nitrogens with zero attached hydrogens (tertiary/aromatic N) is 2. The molecule has 0 saturated carbocycles. The van der Waals surface area contributed by atoms with Gasteiger partial charge in [-0.2, -0.15) is 4.37 Å². The van der Waals surface area contributed by atoms with Crippen LogP contribution in [0.1, 0.15) is 17.3 Å². The summed E-state index contributed by atoms with van der Waals surface area (Å²) in [5, 5.41) is 30.2. The Labute approximate surface area is 198 Å². The molecule has 3 rings (SSSR count). The summed E-state index contributed by atoms with van der Waals surface area (Å²) in [4.78, 5) is 60.6. The first-order valence-corrected chi connectivity index (χ1v) is 11.8. The summed E-state index contributed by atoms with van der Waals surface area (Å²) in [7, 11) is 1.33. The Kier molecular flexibility index (Phi) is 7.51. The van der Waals surface area contributed by atoms with Crippen molar-refractivity contribution in [1.29, 1.82) is 0 Å². The number of rotatable bonds is 9. The summed E-state index contributed by atoms with van der Waals surface area (Å²) in [5.74, 6) is -5.93. The molecule has 13 nitrogen and oxygen atoms in total. The van der Waals surface area contributed by atoms with E-state index in [2.05, 4.69) is 9.69 Å². The van der Waals surface area contributed by atoms with E-state index in [1.54, 1.807) is 0 Å². The number of carboxylic acids is 2. The van der Waals surface area contributed by atoms with Gasteiger partial charge in [0.2, 0.25) is 18.0 Å². The van der Waals surface area contributed by atoms with Crippen molar-refractivity contribution in [3.05, 3.63) is 16.8 Å². The molecule has 0 radical (unpaired) electrons. The maximum atomic E-state index is 12.5. The van der Waals surface area contributed by atoms with Crippen LogP contribution in [0.25, 0.3) is 0 Å². The van der Waals surface area contributed by atoms with Crippen molar-refractivity contribution < 1.29 is 48.8 Å². The molecule has 2 amide bonds. The average molecular weight is 520 g/mol. The van der Waals surface area contributed by atoms with Gasteiger partial charge in [-0.3, -0.25) is 19.3 Å². The molecule has 0 aliphatic carbocycles. The second-order valence-electron chi connectivity index (χ2n) is 6.56. The third-order valence-corrected chi connectivity index (χ3v) is 7.85. The fraction of sp³-hybridized carbons (Fsp3) is 0.412. The molecule has 1 fully saturated rings. The summed E-state index contributed by atoms with van der Waals surface area (Å²) in [6.45, 7) is 1.07. The van der Waals surface area contributed by atoms with E-state index < -0.39 is 64.6 Å². The van der Waals surface area contributed by atoms with Crippen molar-refractivity contribution >= 4 is 64.8 Å². The quantitative estimate of drug-likeness (QED) is 0.147. The van der Waals surface area contributed by atoms with Gasteiger partial charge in [-0.1, -0.05) is 0 Å². The number of aliphatic carboxylic acids is 1. The van der Waals surface area contributed by atoms with Crippen LogP contribution in [0.4, 0.5) is 0 Å². The first kappa shape index (κ1) is 24.8. The number of carbonyl (C=O) groups excluding carboxylic acids is 3. The predicted octanol–water partition coefficient (Wildman–Crippen LogP) is -0.0868. The van der Waals surface area contributed by atoms with Gasteiger partial charge in [-0.25, -0.2) is 9.59 Å². The van der Waals surface area contributed by atoms with Crippen LogP contribution in [-0.2, 0) is 28.7 Å². The molecule has 1 unspecified atom stereocenters. The highest BCUT2D eigenvalue weighted by molar-refractivity contribution is 8.01. The molecular formula is C17H17N3O10S3. The normalized spacial score (nSPS) is 20.5. The number of ether oxygens (including phenoxy) is 2. The number of nitrogens with one attached hydrogen (secondary N) is 1. The number of aromatic carboxylic acids is 1. The molecule has 0 bridgehead atoms. The zero-order chi connectivity index (χ0) is 24.4. The number of hydrogen-bond acceptors (Lipinski definition) is 12. The Morgan fingerprint density at radius 1 is 1.30 bits per heavy atom. The molecule has 1 saturated heterocycles. The molecule has 3 heterocycles. The molecular weight excluding hydrogens is 502 g/mol. The number of amides is 2. The van der Waals surface area contributed by atoms with Crippen molar-refractivity contribution in [1.82, 2.24) is 14.6 Å². The van der Waals surface area contributed by atoms with Crippen LogP contribution < -0.4 is 5.32 Å². The van der Waals surface area contributed by atoms with Gasteiger partial charge in [0.15, 0.2) is 6.10 Å². The number of carboxylic acid groups (broad SMARTS) is 2. The Balaban J connectivity index is 1.80. The van der Waals surface area contributed by atoms with E-state index in [1.807, 2.05) is 0 Å². The largest absolute Gasteiger partial charge is 0.492 e. The van der Waals surface area contributed by atoms with E-state index in [9.17, 15) is 34.2 Å². The summed E-state index contributed by atoms with van der Waals surface area (Å²) in [6.07, 6.45) is -2.28. The first-order valence-electron chi connectivity index (χ1n) is 9.01. The average Bonchev–Trinajstić information content (AvgIpc) is 3.11. The number of fused-ring (bicyclic) bond motifs is 1. The van der Waals surface area contributed by atoms with E-state index in [4.69, 9.17) is 14.6 Å². The van der Waals surface area contributed by atoms with Crippen molar-refractivity contribution in [3.63, 3.8) is 0 Å². The SMILES string of the molecule is CO[C@@H]1C(=O)N2C(C(=O)O)=C(C(NC(=O)CSc3snc(O)c3C(=O)O)OC(C)=O)CS[C@H]12. The van der Waals surface area contributed by atoms with Gasteiger partial charge >= 0.3 is 17.9 Å². The highest BCUT2D eigenvalue weighted by Gasteiger charge is 2.55. The number of esters is 1. The van der Waals surface area contributed by atoms with Crippen LogP contribution in [0, 0.1) is 0 Å². The number of methoxy groups -OCH3 is 1. The van der Waals surface area contributed by atoms with Crippen molar-refractivity contribution in [2.45, 2.75) is 28.8 Å². The monoisotopic (exact) mass is 519 g/mol.